The van der Waals surface area contributed by atoms with Gasteiger partial charge < -0.3 is 9.84 Å². The molecule has 4 rings (SSSR count). The molecule has 3 aromatic heterocycles. The van der Waals surface area contributed by atoms with Crippen LogP contribution < -0.4 is 5.32 Å². The lowest BCUT2D eigenvalue weighted by Crippen LogP contribution is -2.37. The van der Waals surface area contributed by atoms with Crippen LogP contribution in [-0.4, -0.2) is 30.9 Å². The molecule has 8 heteroatoms. The fraction of sp³-hybridized carbons (Fsp3) is 0.429. The lowest BCUT2D eigenvalue weighted by molar-refractivity contribution is 0.320. The van der Waals surface area contributed by atoms with Gasteiger partial charge in [0.25, 0.3) is 0 Å². The van der Waals surface area contributed by atoms with Crippen LogP contribution >= 0.6 is 11.3 Å². The average molecular weight is 316 g/mol. The predicted octanol–water partition coefficient (Wildman–Crippen LogP) is 1.80. The number of nitrogens with zero attached hydrogens (tertiary/aromatic N) is 5. The number of aromatic nitrogens is 5. The zero-order valence-corrected chi connectivity index (χ0v) is 13.0. The molecule has 0 bridgehead atoms. The number of hydrogen-bond donors (Lipinski definition) is 1. The molecule has 7 nitrogen and oxygen atoms in total. The van der Waals surface area contributed by atoms with Crippen molar-refractivity contribution in [3.8, 4) is 11.4 Å². The van der Waals surface area contributed by atoms with Gasteiger partial charge >= 0.3 is 0 Å². The Balaban J connectivity index is 1.37. The molecule has 0 saturated heterocycles. The molecule has 114 valence electrons. The molecule has 0 unspecified atom stereocenters. The van der Waals surface area contributed by atoms with E-state index in [9.17, 15) is 0 Å². The summed E-state index contributed by atoms with van der Waals surface area (Å²) >= 11 is 1.62. The maximum absolute atomic E-state index is 5.30. The SMILES string of the molecule is Cc1nc2n(n1)C[C@H](NCc1nc(-c3ccsc3)no1)CC2. The first-order valence-corrected chi connectivity index (χ1v) is 8.21. The van der Waals surface area contributed by atoms with Crippen LogP contribution in [0.5, 0.6) is 0 Å². The van der Waals surface area contributed by atoms with Gasteiger partial charge in [-0.25, -0.2) is 9.67 Å². The van der Waals surface area contributed by atoms with Gasteiger partial charge in [-0.05, 0) is 24.8 Å². The zero-order chi connectivity index (χ0) is 14.9. The summed E-state index contributed by atoms with van der Waals surface area (Å²) in [6, 6.07) is 2.34. The van der Waals surface area contributed by atoms with E-state index in [1.807, 2.05) is 28.4 Å². The third-order valence-corrected chi connectivity index (χ3v) is 4.44. The second-order valence-electron chi connectivity index (χ2n) is 5.40. The molecule has 1 aliphatic heterocycles. The van der Waals surface area contributed by atoms with E-state index in [0.29, 0.717) is 24.3 Å². The Morgan fingerprint density at radius 2 is 2.41 bits per heavy atom. The summed E-state index contributed by atoms with van der Waals surface area (Å²) in [5.74, 6) is 3.18. The van der Waals surface area contributed by atoms with Crippen LogP contribution in [0, 0.1) is 6.92 Å². The number of hydrogen-bond acceptors (Lipinski definition) is 7. The predicted molar refractivity (Wildman–Crippen MR) is 81.3 cm³/mol. The van der Waals surface area contributed by atoms with E-state index in [1.54, 1.807) is 11.3 Å². The Hall–Kier alpha value is -2.06. The quantitative estimate of drug-likeness (QED) is 0.790. The Kier molecular flexibility index (Phi) is 3.47. The molecule has 0 fully saturated rings. The van der Waals surface area contributed by atoms with Crippen molar-refractivity contribution in [3.63, 3.8) is 0 Å². The third kappa shape index (κ3) is 2.67. The molecular formula is C14H16N6OS. The van der Waals surface area contributed by atoms with Crippen molar-refractivity contribution in [1.29, 1.82) is 0 Å². The highest BCUT2D eigenvalue weighted by atomic mass is 32.1. The van der Waals surface area contributed by atoms with E-state index in [0.717, 1.165) is 36.6 Å². The standard InChI is InChI=1S/C14H16N6OS/c1-9-16-12-3-2-11(7-20(12)18-9)15-6-13-17-14(19-21-13)10-4-5-22-8-10/h4-5,8,11,15H,2-3,6-7H2,1H3/t11-/m1/s1. The van der Waals surface area contributed by atoms with Crippen molar-refractivity contribution in [1.82, 2.24) is 30.2 Å². The van der Waals surface area contributed by atoms with Crippen LogP contribution in [0.1, 0.15) is 24.0 Å². The summed E-state index contributed by atoms with van der Waals surface area (Å²) in [5, 5.41) is 15.9. The van der Waals surface area contributed by atoms with Crippen LogP contribution in [0.4, 0.5) is 0 Å². The normalized spacial score (nSPS) is 17.6. The fourth-order valence-electron chi connectivity index (χ4n) is 2.67. The minimum atomic E-state index is 0.352. The first-order chi connectivity index (χ1) is 10.8. The van der Waals surface area contributed by atoms with E-state index < -0.39 is 0 Å². The molecule has 0 spiro atoms. The van der Waals surface area contributed by atoms with Gasteiger partial charge in [0.1, 0.15) is 11.6 Å². The van der Waals surface area contributed by atoms with Gasteiger partial charge in [0.05, 0.1) is 13.1 Å². The fourth-order valence-corrected chi connectivity index (χ4v) is 3.30. The molecule has 22 heavy (non-hydrogen) atoms. The average Bonchev–Trinajstić information content (AvgIpc) is 3.23. The van der Waals surface area contributed by atoms with Crippen LogP contribution in [0.15, 0.2) is 21.3 Å². The summed E-state index contributed by atoms with van der Waals surface area (Å²) < 4.78 is 7.29. The highest BCUT2D eigenvalue weighted by Gasteiger charge is 2.21. The first-order valence-electron chi connectivity index (χ1n) is 7.27. The van der Waals surface area contributed by atoms with Crippen LogP contribution in [0.2, 0.25) is 0 Å². The second-order valence-corrected chi connectivity index (χ2v) is 6.18. The zero-order valence-electron chi connectivity index (χ0n) is 12.2. The van der Waals surface area contributed by atoms with Crippen LogP contribution in [0.25, 0.3) is 11.4 Å². The van der Waals surface area contributed by atoms with Crippen molar-refractivity contribution < 1.29 is 4.52 Å². The molecule has 0 aromatic carbocycles. The Bertz CT molecular complexity index is 762. The molecule has 0 saturated carbocycles. The molecular weight excluding hydrogens is 300 g/mol. The van der Waals surface area contributed by atoms with Crippen molar-refractivity contribution in [2.24, 2.45) is 0 Å². The molecule has 1 atom stereocenters. The van der Waals surface area contributed by atoms with Gasteiger partial charge in [-0.1, -0.05) is 5.16 Å². The number of aryl methyl sites for hydroxylation is 2. The van der Waals surface area contributed by atoms with E-state index in [2.05, 4.69) is 25.5 Å². The molecule has 1 N–H and O–H groups in total. The van der Waals surface area contributed by atoms with Gasteiger partial charge in [0.2, 0.25) is 11.7 Å². The van der Waals surface area contributed by atoms with Crippen LogP contribution in [-0.2, 0) is 19.5 Å². The highest BCUT2D eigenvalue weighted by Crippen LogP contribution is 2.19. The van der Waals surface area contributed by atoms with E-state index in [4.69, 9.17) is 4.52 Å². The van der Waals surface area contributed by atoms with E-state index >= 15 is 0 Å². The van der Waals surface area contributed by atoms with Crippen molar-refractivity contribution in [2.75, 3.05) is 0 Å². The molecule has 0 radical (unpaired) electrons. The largest absolute Gasteiger partial charge is 0.338 e. The summed E-state index contributed by atoms with van der Waals surface area (Å²) in [4.78, 5) is 8.84. The number of thiophene rings is 1. The van der Waals surface area contributed by atoms with Crippen LogP contribution in [0.3, 0.4) is 0 Å². The smallest absolute Gasteiger partial charge is 0.240 e. The lowest BCUT2D eigenvalue weighted by atomic mass is 10.1. The summed E-state index contributed by atoms with van der Waals surface area (Å²) in [5.41, 5.74) is 1.00. The third-order valence-electron chi connectivity index (χ3n) is 3.75. The number of fused-ring (bicyclic) bond motifs is 1. The van der Waals surface area contributed by atoms with Crippen molar-refractivity contribution in [2.45, 2.75) is 38.9 Å². The maximum Gasteiger partial charge on any atom is 0.240 e. The Labute approximate surface area is 131 Å². The monoisotopic (exact) mass is 316 g/mol. The number of nitrogens with one attached hydrogen (secondary N) is 1. The molecule has 1 aliphatic rings. The summed E-state index contributed by atoms with van der Waals surface area (Å²) in [6.45, 7) is 3.34. The summed E-state index contributed by atoms with van der Waals surface area (Å²) in [6.07, 6.45) is 1.99. The highest BCUT2D eigenvalue weighted by molar-refractivity contribution is 7.08. The van der Waals surface area contributed by atoms with Gasteiger partial charge in [-0.2, -0.15) is 21.4 Å². The van der Waals surface area contributed by atoms with Crippen molar-refractivity contribution in [3.05, 3.63) is 34.4 Å². The second kappa shape index (κ2) is 5.62. The van der Waals surface area contributed by atoms with Crippen molar-refractivity contribution >= 4 is 11.3 Å². The molecule has 4 heterocycles. The maximum atomic E-state index is 5.30. The van der Waals surface area contributed by atoms with E-state index in [1.165, 1.54) is 0 Å². The lowest BCUT2D eigenvalue weighted by Gasteiger charge is -2.22. The van der Waals surface area contributed by atoms with E-state index in [-0.39, 0.29) is 0 Å². The molecule has 3 aromatic rings. The topological polar surface area (TPSA) is 81.7 Å². The molecule has 0 aliphatic carbocycles. The Morgan fingerprint density at radius 1 is 1.45 bits per heavy atom. The number of rotatable bonds is 4. The van der Waals surface area contributed by atoms with Gasteiger partial charge in [0.15, 0.2) is 0 Å². The van der Waals surface area contributed by atoms with Gasteiger partial charge in [-0.3, -0.25) is 0 Å². The van der Waals surface area contributed by atoms with Gasteiger partial charge in [0, 0.05) is 23.4 Å². The minimum Gasteiger partial charge on any atom is -0.338 e. The minimum absolute atomic E-state index is 0.352. The first kappa shape index (κ1) is 13.6. The molecule has 0 amide bonds. The summed E-state index contributed by atoms with van der Waals surface area (Å²) in [7, 11) is 0. The van der Waals surface area contributed by atoms with Gasteiger partial charge in [-0.15, -0.1) is 0 Å². The Morgan fingerprint density at radius 3 is 3.27 bits per heavy atom.